The molecular formula is C14H17N3O3. The molecule has 1 N–H and O–H groups in total. The molecule has 6 nitrogen and oxygen atoms in total. The van der Waals surface area contributed by atoms with Gasteiger partial charge in [0, 0.05) is 25.0 Å². The van der Waals surface area contributed by atoms with Crippen LogP contribution in [0.4, 0.5) is 0 Å². The summed E-state index contributed by atoms with van der Waals surface area (Å²) in [5, 5.41) is 9.03. The second-order valence-electron chi connectivity index (χ2n) is 4.72. The summed E-state index contributed by atoms with van der Waals surface area (Å²) in [6.45, 7) is 3.71. The molecule has 0 saturated carbocycles. The lowest BCUT2D eigenvalue weighted by atomic mass is 10.2. The zero-order valence-electron chi connectivity index (χ0n) is 11.5. The first-order valence-electron chi connectivity index (χ1n) is 6.44. The van der Waals surface area contributed by atoms with E-state index in [-0.39, 0.29) is 24.8 Å². The van der Waals surface area contributed by atoms with E-state index >= 15 is 0 Å². The molecule has 0 spiro atoms. The summed E-state index contributed by atoms with van der Waals surface area (Å²) < 4.78 is 1.34. The Balaban J connectivity index is 2.49. The molecule has 6 heteroatoms. The Labute approximate surface area is 116 Å². The average Bonchev–Trinajstić information content (AvgIpc) is 2.44. The van der Waals surface area contributed by atoms with Crippen LogP contribution in [0.25, 0.3) is 5.65 Å². The van der Waals surface area contributed by atoms with Crippen molar-refractivity contribution in [2.45, 2.75) is 19.9 Å². The van der Waals surface area contributed by atoms with Crippen molar-refractivity contribution in [1.29, 1.82) is 0 Å². The first-order chi connectivity index (χ1) is 9.56. The van der Waals surface area contributed by atoms with E-state index in [1.54, 1.807) is 24.4 Å². The second-order valence-corrected chi connectivity index (χ2v) is 4.72. The van der Waals surface area contributed by atoms with E-state index in [9.17, 15) is 9.59 Å². The zero-order chi connectivity index (χ0) is 14.7. The summed E-state index contributed by atoms with van der Waals surface area (Å²) in [5.41, 5.74) is 0.104. The Hall–Kier alpha value is -2.21. The molecule has 0 aliphatic carbocycles. The van der Waals surface area contributed by atoms with Crippen molar-refractivity contribution in [3.63, 3.8) is 0 Å². The molecule has 0 unspecified atom stereocenters. The number of rotatable bonds is 4. The van der Waals surface area contributed by atoms with Crippen LogP contribution in [-0.2, 0) is 0 Å². The van der Waals surface area contributed by atoms with E-state index in [1.807, 2.05) is 13.8 Å². The molecule has 1 amide bonds. The summed E-state index contributed by atoms with van der Waals surface area (Å²) in [6.07, 6.45) is 2.87. The Kier molecular flexibility index (Phi) is 4.14. The van der Waals surface area contributed by atoms with E-state index in [2.05, 4.69) is 4.98 Å². The fourth-order valence-corrected chi connectivity index (χ4v) is 2.03. The van der Waals surface area contributed by atoms with Gasteiger partial charge in [0.1, 0.15) is 11.2 Å². The molecule has 2 rings (SSSR count). The predicted octanol–water partition coefficient (Wildman–Crippen LogP) is 0.537. The number of aliphatic hydroxyl groups is 1. The number of hydrogen-bond acceptors (Lipinski definition) is 4. The van der Waals surface area contributed by atoms with E-state index in [0.29, 0.717) is 5.65 Å². The third-order valence-electron chi connectivity index (χ3n) is 3.07. The van der Waals surface area contributed by atoms with Gasteiger partial charge in [-0.25, -0.2) is 4.98 Å². The molecule has 20 heavy (non-hydrogen) atoms. The maximum Gasteiger partial charge on any atom is 0.270 e. The van der Waals surface area contributed by atoms with Gasteiger partial charge in [-0.2, -0.15) is 0 Å². The van der Waals surface area contributed by atoms with Gasteiger partial charge in [-0.1, -0.05) is 6.07 Å². The first kappa shape index (κ1) is 14.2. The van der Waals surface area contributed by atoms with Gasteiger partial charge >= 0.3 is 0 Å². The van der Waals surface area contributed by atoms with E-state index in [0.717, 1.165) is 0 Å². The number of carbonyl (C=O) groups is 1. The third kappa shape index (κ3) is 2.55. The highest BCUT2D eigenvalue weighted by molar-refractivity contribution is 5.94. The molecule has 2 aromatic rings. The normalized spacial score (nSPS) is 11.0. The SMILES string of the molecule is CC(C)N(CCO)C(=O)c1cnc2ccccn2c1=O. The van der Waals surface area contributed by atoms with Gasteiger partial charge in [0.2, 0.25) is 0 Å². The minimum absolute atomic E-state index is 0.0100. The highest BCUT2D eigenvalue weighted by Gasteiger charge is 2.21. The van der Waals surface area contributed by atoms with Crippen LogP contribution in [0.1, 0.15) is 24.2 Å². The lowest BCUT2D eigenvalue weighted by molar-refractivity contribution is 0.0663. The van der Waals surface area contributed by atoms with Crippen molar-refractivity contribution in [2.75, 3.05) is 13.2 Å². The number of hydrogen-bond donors (Lipinski definition) is 1. The number of fused-ring (bicyclic) bond motifs is 1. The molecule has 0 fully saturated rings. The van der Waals surface area contributed by atoms with Crippen LogP contribution in [0.2, 0.25) is 0 Å². The first-order valence-corrected chi connectivity index (χ1v) is 6.44. The van der Waals surface area contributed by atoms with Crippen molar-refractivity contribution in [1.82, 2.24) is 14.3 Å². The standard InChI is InChI=1S/C14H17N3O3/c1-10(2)16(7-8-18)13(19)11-9-15-12-5-3-4-6-17(12)14(11)20/h3-6,9-10,18H,7-8H2,1-2H3. The van der Waals surface area contributed by atoms with Crippen LogP contribution >= 0.6 is 0 Å². The zero-order valence-corrected chi connectivity index (χ0v) is 11.5. The molecule has 0 radical (unpaired) electrons. The summed E-state index contributed by atoms with van der Waals surface area (Å²) in [6, 6.07) is 5.07. The highest BCUT2D eigenvalue weighted by Crippen LogP contribution is 2.05. The fourth-order valence-electron chi connectivity index (χ4n) is 2.03. The van der Waals surface area contributed by atoms with Gasteiger partial charge in [-0.15, -0.1) is 0 Å². The molecule has 2 heterocycles. The van der Waals surface area contributed by atoms with E-state index in [4.69, 9.17) is 5.11 Å². The lowest BCUT2D eigenvalue weighted by Crippen LogP contribution is -2.41. The van der Waals surface area contributed by atoms with Crippen LogP contribution in [0.5, 0.6) is 0 Å². The topological polar surface area (TPSA) is 74.9 Å². The number of aliphatic hydroxyl groups excluding tert-OH is 1. The lowest BCUT2D eigenvalue weighted by Gasteiger charge is -2.25. The van der Waals surface area contributed by atoms with Crippen molar-refractivity contribution < 1.29 is 9.90 Å². The van der Waals surface area contributed by atoms with Crippen LogP contribution < -0.4 is 5.56 Å². The molecule has 0 aliphatic rings. The summed E-state index contributed by atoms with van der Waals surface area (Å²) >= 11 is 0. The minimum Gasteiger partial charge on any atom is -0.395 e. The van der Waals surface area contributed by atoms with Gasteiger partial charge in [0.05, 0.1) is 6.61 Å². The largest absolute Gasteiger partial charge is 0.395 e. The quantitative estimate of drug-likeness (QED) is 0.883. The predicted molar refractivity (Wildman–Crippen MR) is 74.7 cm³/mol. The summed E-state index contributed by atoms with van der Waals surface area (Å²) in [4.78, 5) is 30.3. The van der Waals surface area contributed by atoms with E-state index < -0.39 is 11.5 Å². The maximum absolute atomic E-state index is 12.4. The fraction of sp³-hybridized carbons (Fsp3) is 0.357. The molecular weight excluding hydrogens is 258 g/mol. The number of amides is 1. The van der Waals surface area contributed by atoms with Gasteiger partial charge in [-0.05, 0) is 26.0 Å². The van der Waals surface area contributed by atoms with Crippen LogP contribution in [-0.4, -0.2) is 44.5 Å². The van der Waals surface area contributed by atoms with Gasteiger partial charge in [-0.3, -0.25) is 14.0 Å². The molecule has 0 bridgehead atoms. The summed E-state index contributed by atoms with van der Waals surface area (Å²) in [7, 11) is 0. The Morgan fingerprint density at radius 3 is 2.85 bits per heavy atom. The number of carbonyl (C=O) groups excluding carboxylic acids is 1. The van der Waals surface area contributed by atoms with Crippen molar-refractivity contribution in [2.24, 2.45) is 0 Å². The molecule has 0 aliphatic heterocycles. The Morgan fingerprint density at radius 2 is 2.20 bits per heavy atom. The monoisotopic (exact) mass is 275 g/mol. The Morgan fingerprint density at radius 1 is 1.45 bits per heavy atom. The van der Waals surface area contributed by atoms with Crippen molar-refractivity contribution in [3.8, 4) is 0 Å². The van der Waals surface area contributed by atoms with Crippen molar-refractivity contribution >= 4 is 11.6 Å². The van der Waals surface area contributed by atoms with E-state index in [1.165, 1.54) is 15.5 Å². The molecule has 0 aromatic carbocycles. The molecule has 0 saturated heterocycles. The molecule has 2 aromatic heterocycles. The maximum atomic E-state index is 12.4. The van der Waals surface area contributed by atoms with Crippen LogP contribution in [0.3, 0.4) is 0 Å². The van der Waals surface area contributed by atoms with Crippen molar-refractivity contribution in [3.05, 3.63) is 46.5 Å². The van der Waals surface area contributed by atoms with Crippen LogP contribution in [0, 0.1) is 0 Å². The number of aromatic nitrogens is 2. The second kappa shape index (κ2) is 5.83. The summed E-state index contributed by atoms with van der Waals surface area (Å²) in [5.74, 6) is -0.412. The molecule has 106 valence electrons. The average molecular weight is 275 g/mol. The van der Waals surface area contributed by atoms with Crippen LogP contribution in [0.15, 0.2) is 35.4 Å². The third-order valence-corrected chi connectivity index (χ3v) is 3.07. The number of nitrogens with zero attached hydrogens (tertiary/aromatic N) is 3. The smallest absolute Gasteiger partial charge is 0.270 e. The van der Waals surface area contributed by atoms with Gasteiger partial charge < -0.3 is 10.0 Å². The van der Waals surface area contributed by atoms with Gasteiger partial charge in [0.15, 0.2) is 0 Å². The molecule has 0 atom stereocenters. The highest BCUT2D eigenvalue weighted by atomic mass is 16.3. The van der Waals surface area contributed by atoms with Gasteiger partial charge in [0.25, 0.3) is 11.5 Å². The Bertz CT molecular complexity index is 679. The number of pyridine rings is 1. The minimum atomic E-state index is -0.412.